The minimum atomic E-state index is 0.683. The topological polar surface area (TPSA) is 3.24 Å². The number of hydrogen-bond donors (Lipinski definition) is 0. The van der Waals surface area contributed by atoms with Crippen LogP contribution in [0, 0.1) is 5.92 Å². The Labute approximate surface area is 83.1 Å². The summed E-state index contributed by atoms with van der Waals surface area (Å²) in [4.78, 5) is 2.20. The molecule has 0 aliphatic rings. The summed E-state index contributed by atoms with van der Waals surface area (Å²) < 4.78 is 0. The van der Waals surface area contributed by atoms with Gasteiger partial charge >= 0.3 is 0 Å². The second-order valence-electron chi connectivity index (χ2n) is 3.49. The van der Waals surface area contributed by atoms with Gasteiger partial charge in [-0.15, -0.1) is 0 Å². The van der Waals surface area contributed by atoms with Gasteiger partial charge < -0.3 is 4.90 Å². The Morgan fingerprint density at radius 1 is 1.38 bits per heavy atom. The predicted molar refractivity (Wildman–Crippen MR) is 60.4 cm³/mol. The van der Waals surface area contributed by atoms with Crippen molar-refractivity contribution in [2.75, 3.05) is 7.05 Å². The third-order valence-electron chi connectivity index (χ3n) is 2.31. The molecule has 0 bridgehead atoms. The van der Waals surface area contributed by atoms with E-state index in [-0.39, 0.29) is 0 Å². The van der Waals surface area contributed by atoms with Gasteiger partial charge in [-0.05, 0) is 25.5 Å². The lowest BCUT2D eigenvalue weighted by Gasteiger charge is -2.18. The Morgan fingerprint density at radius 2 is 2.00 bits per heavy atom. The molecule has 0 radical (unpaired) electrons. The third kappa shape index (κ3) is 4.76. The maximum Gasteiger partial charge on any atom is 0.0131 e. The molecule has 0 rings (SSSR count). The van der Waals surface area contributed by atoms with Crippen LogP contribution in [0.2, 0.25) is 0 Å². The molecule has 0 aromatic carbocycles. The maximum atomic E-state index is 2.36. The number of nitrogens with zero attached hydrogens (tertiary/aromatic N) is 1. The van der Waals surface area contributed by atoms with Gasteiger partial charge in [-0.3, -0.25) is 0 Å². The third-order valence-corrected chi connectivity index (χ3v) is 2.31. The fourth-order valence-corrected chi connectivity index (χ4v) is 1.25. The van der Waals surface area contributed by atoms with E-state index in [9.17, 15) is 0 Å². The normalized spacial score (nSPS) is 15.0. The molecule has 0 amide bonds. The van der Waals surface area contributed by atoms with Gasteiger partial charge in [-0.2, -0.15) is 0 Å². The molecular weight excluding hydrogens is 158 g/mol. The zero-order chi connectivity index (χ0) is 10.3. The first-order chi connectivity index (χ1) is 6.15. The Morgan fingerprint density at radius 3 is 2.38 bits per heavy atom. The van der Waals surface area contributed by atoms with Crippen LogP contribution in [0.4, 0.5) is 0 Å². The molecule has 1 unspecified atom stereocenters. The van der Waals surface area contributed by atoms with Gasteiger partial charge in [-0.25, -0.2) is 0 Å². The van der Waals surface area contributed by atoms with E-state index in [2.05, 4.69) is 51.1 Å². The Bertz CT molecular complexity index is 180. The molecule has 1 atom stereocenters. The number of allylic oxidation sites excluding steroid dienone is 3. The maximum absolute atomic E-state index is 2.36. The minimum absolute atomic E-state index is 0.683. The highest BCUT2D eigenvalue weighted by Gasteiger charge is 2.00. The number of rotatable bonds is 5. The van der Waals surface area contributed by atoms with E-state index in [1.807, 2.05) is 6.92 Å². The smallest absolute Gasteiger partial charge is 0.0131 e. The van der Waals surface area contributed by atoms with Gasteiger partial charge in [-0.1, -0.05) is 39.3 Å². The largest absolute Gasteiger partial charge is 0.355 e. The fourth-order valence-electron chi connectivity index (χ4n) is 1.25. The van der Waals surface area contributed by atoms with Crippen molar-refractivity contribution in [2.45, 2.75) is 40.5 Å². The molecule has 1 nitrogen and oxygen atoms in total. The minimum Gasteiger partial charge on any atom is -0.355 e. The number of hydrogen-bond acceptors (Lipinski definition) is 1. The highest BCUT2D eigenvalue weighted by Crippen LogP contribution is 2.13. The van der Waals surface area contributed by atoms with E-state index < -0.39 is 0 Å². The summed E-state index contributed by atoms with van der Waals surface area (Å²) in [5, 5.41) is 0. The summed E-state index contributed by atoms with van der Waals surface area (Å²) >= 11 is 0. The van der Waals surface area contributed by atoms with Crippen molar-refractivity contribution in [2.24, 2.45) is 5.92 Å². The van der Waals surface area contributed by atoms with Crippen LogP contribution in [0.3, 0.4) is 0 Å². The molecular formula is C12H23N. The molecule has 76 valence electrons. The van der Waals surface area contributed by atoms with E-state index in [0.717, 1.165) is 6.42 Å². The molecule has 1 heteroatoms. The Kier molecular flexibility index (Phi) is 6.38. The fraction of sp³-hybridized carbons (Fsp3) is 0.667. The van der Waals surface area contributed by atoms with Crippen LogP contribution in [0.15, 0.2) is 24.0 Å². The van der Waals surface area contributed by atoms with Crippen molar-refractivity contribution in [3.63, 3.8) is 0 Å². The molecule has 0 aromatic heterocycles. The van der Waals surface area contributed by atoms with Gasteiger partial charge in [0.15, 0.2) is 0 Å². The lowest BCUT2D eigenvalue weighted by atomic mass is 10.1. The van der Waals surface area contributed by atoms with E-state index >= 15 is 0 Å². The summed E-state index contributed by atoms with van der Waals surface area (Å²) in [7, 11) is 2.11. The van der Waals surface area contributed by atoms with Crippen LogP contribution in [0.5, 0.6) is 0 Å². The molecule has 0 aliphatic heterocycles. The summed E-state index contributed by atoms with van der Waals surface area (Å²) in [5.41, 5.74) is 1.41. The van der Waals surface area contributed by atoms with Crippen LogP contribution in [0.25, 0.3) is 0 Å². The van der Waals surface area contributed by atoms with Crippen molar-refractivity contribution >= 4 is 0 Å². The van der Waals surface area contributed by atoms with Gasteiger partial charge in [0, 0.05) is 12.7 Å². The zero-order valence-electron chi connectivity index (χ0n) is 9.67. The van der Waals surface area contributed by atoms with Gasteiger partial charge in [0.25, 0.3) is 0 Å². The average molecular weight is 181 g/mol. The molecule has 0 spiro atoms. The molecule has 0 aromatic rings. The predicted octanol–water partition coefficient (Wildman–Crippen LogP) is 3.79. The lowest BCUT2D eigenvalue weighted by molar-refractivity contribution is 0.529. The van der Waals surface area contributed by atoms with Crippen molar-refractivity contribution in [1.82, 2.24) is 4.90 Å². The second-order valence-corrected chi connectivity index (χ2v) is 3.49. The Balaban J connectivity index is 4.39. The van der Waals surface area contributed by atoms with Gasteiger partial charge in [0.2, 0.25) is 0 Å². The Hall–Kier alpha value is -0.720. The molecule has 0 fully saturated rings. The average Bonchev–Trinajstić information content (AvgIpc) is 2.14. The SMILES string of the molecule is CC=CN(C)C(=CC(C)CC)CC. The van der Waals surface area contributed by atoms with Crippen molar-refractivity contribution in [3.05, 3.63) is 24.0 Å². The molecule has 0 saturated carbocycles. The highest BCUT2D eigenvalue weighted by molar-refractivity contribution is 5.05. The first-order valence-corrected chi connectivity index (χ1v) is 5.22. The molecule has 13 heavy (non-hydrogen) atoms. The zero-order valence-corrected chi connectivity index (χ0v) is 9.67. The van der Waals surface area contributed by atoms with Crippen LogP contribution >= 0.6 is 0 Å². The quantitative estimate of drug-likeness (QED) is 0.623. The summed E-state index contributed by atoms with van der Waals surface area (Å²) in [5.74, 6) is 0.683. The second kappa shape index (κ2) is 6.76. The van der Waals surface area contributed by atoms with Crippen LogP contribution < -0.4 is 0 Å². The summed E-state index contributed by atoms with van der Waals surface area (Å²) in [6.45, 7) is 8.74. The van der Waals surface area contributed by atoms with Crippen molar-refractivity contribution in [1.29, 1.82) is 0 Å². The monoisotopic (exact) mass is 181 g/mol. The molecule has 0 saturated heterocycles. The standard InChI is InChI=1S/C12H23N/c1-6-9-13(5)12(8-3)10-11(4)7-2/h6,9-11H,7-8H2,1-5H3. The first kappa shape index (κ1) is 12.3. The van der Waals surface area contributed by atoms with Crippen molar-refractivity contribution in [3.8, 4) is 0 Å². The highest BCUT2D eigenvalue weighted by atomic mass is 15.1. The van der Waals surface area contributed by atoms with Crippen molar-refractivity contribution < 1.29 is 0 Å². The van der Waals surface area contributed by atoms with E-state index in [1.54, 1.807) is 0 Å². The van der Waals surface area contributed by atoms with Gasteiger partial charge in [0.05, 0.1) is 0 Å². The van der Waals surface area contributed by atoms with E-state index in [1.165, 1.54) is 12.1 Å². The molecule has 0 aliphatic carbocycles. The van der Waals surface area contributed by atoms with Crippen LogP contribution in [-0.2, 0) is 0 Å². The summed E-state index contributed by atoms with van der Waals surface area (Å²) in [6, 6.07) is 0. The lowest BCUT2D eigenvalue weighted by Crippen LogP contribution is -2.10. The van der Waals surface area contributed by atoms with E-state index in [4.69, 9.17) is 0 Å². The molecule has 0 N–H and O–H groups in total. The van der Waals surface area contributed by atoms with Gasteiger partial charge in [0.1, 0.15) is 0 Å². The summed E-state index contributed by atoms with van der Waals surface area (Å²) in [6.07, 6.45) is 8.86. The van der Waals surface area contributed by atoms with E-state index in [0.29, 0.717) is 5.92 Å². The van der Waals surface area contributed by atoms with Crippen LogP contribution in [0.1, 0.15) is 40.5 Å². The first-order valence-electron chi connectivity index (χ1n) is 5.22. The van der Waals surface area contributed by atoms with Crippen LogP contribution in [-0.4, -0.2) is 11.9 Å². The molecule has 0 heterocycles.